The average Bonchev–Trinajstić information content (AvgIpc) is 2.20. The first-order chi connectivity index (χ1) is 6.70. The molecule has 0 saturated heterocycles. The molecule has 0 radical (unpaired) electrons. The number of aryl methyl sites for hydroxylation is 1. The Labute approximate surface area is 104 Å². The van der Waals surface area contributed by atoms with Crippen LogP contribution in [0.1, 0.15) is 12.0 Å². The molecule has 4 nitrogen and oxygen atoms in total. The molecule has 1 aromatic heterocycles. The van der Waals surface area contributed by atoms with Crippen LogP contribution in [0.5, 0.6) is 0 Å². The molecule has 0 saturated carbocycles. The van der Waals surface area contributed by atoms with Gasteiger partial charge in [0, 0.05) is 27.0 Å². The largest absolute Gasteiger partial charge is 0.464 e. The van der Waals surface area contributed by atoms with E-state index in [9.17, 15) is 9.59 Å². The number of pyridine rings is 1. The summed E-state index contributed by atoms with van der Waals surface area (Å²) in [5.74, 6) is -0.407. The van der Waals surface area contributed by atoms with Crippen molar-refractivity contribution in [1.82, 2.24) is 10.3 Å². The number of hydrogen-bond donors (Lipinski definition) is 1. The Morgan fingerprint density at radius 2 is 2.40 bits per heavy atom. The summed E-state index contributed by atoms with van der Waals surface area (Å²) in [6, 6.07) is 3.79. The van der Waals surface area contributed by atoms with E-state index in [-0.39, 0.29) is 27.5 Å². The second kappa shape index (κ2) is 11.1. The number of carbonyl (C=O) groups excluding carboxylic acids is 2. The molecular weight excluding hydrogens is 364 g/mol. The van der Waals surface area contributed by atoms with Gasteiger partial charge >= 0.3 is 0 Å². The second-order valence-electron chi connectivity index (χ2n) is 2.36. The first-order valence-electron chi connectivity index (χ1n) is 3.94. The van der Waals surface area contributed by atoms with Crippen LogP contribution in [0.2, 0.25) is 0 Å². The van der Waals surface area contributed by atoms with Crippen LogP contribution in [0.3, 0.4) is 0 Å². The van der Waals surface area contributed by atoms with Crippen LogP contribution in [-0.2, 0) is 30.7 Å². The zero-order chi connectivity index (χ0) is 10.8. The smallest absolute Gasteiger partial charge is 0.0713 e. The Kier molecular flexibility index (Phi) is 12.1. The third-order valence-electron chi connectivity index (χ3n) is 1.20. The Bertz CT molecular complexity index is 278. The van der Waals surface area contributed by atoms with E-state index in [1.807, 2.05) is 19.1 Å². The number of nitrogens with one attached hydrogen (secondary N) is 1. The molecule has 0 fully saturated rings. The normalized spacial score (nSPS) is 7.60. The van der Waals surface area contributed by atoms with Crippen LogP contribution >= 0.6 is 0 Å². The summed E-state index contributed by atoms with van der Waals surface area (Å²) >= 11 is 0. The van der Waals surface area contributed by atoms with E-state index in [1.165, 1.54) is 12.0 Å². The minimum atomic E-state index is -0.407. The molecule has 0 aliphatic carbocycles. The van der Waals surface area contributed by atoms with E-state index in [1.54, 1.807) is 11.5 Å². The summed E-state index contributed by atoms with van der Waals surface area (Å²) < 4.78 is 0. The quantitative estimate of drug-likeness (QED) is 0.608. The summed E-state index contributed by atoms with van der Waals surface area (Å²) in [5.41, 5.74) is 1.20. The van der Waals surface area contributed by atoms with Crippen molar-refractivity contribution in [2.75, 3.05) is 0 Å². The minimum absolute atomic E-state index is 0. The molecule has 15 heavy (non-hydrogen) atoms. The molecule has 0 atom stereocenters. The van der Waals surface area contributed by atoms with Gasteiger partial charge in [0.25, 0.3) is 0 Å². The molecule has 1 aromatic rings. The monoisotopic (exact) mass is 375 g/mol. The fourth-order valence-electron chi connectivity index (χ4n) is 0.504. The summed E-state index contributed by atoms with van der Waals surface area (Å²) in [6.45, 7) is 5.23. The first kappa shape index (κ1) is 16.4. The Hall–Kier alpha value is -1.02. The van der Waals surface area contributed by atoms with E-state index in [4.69, 9.17) is 0 Å². The SMILES string of the molecule is Cc1c[c-]ncc1.[CH2-]CC(=O)N[C-]=O.[W]. The summed E-state index contributed by atoms with van der Waals surface area (Å²) in [6.07, 6.45) is 5.75. The van der Waals surface area contributed by atoms with E-state index < -0.39 is 5.91 Å². The van der Waals surface area contributed by atoms with Gasteiger partial charge in [-0.2, -0.15) is 24.1 Å². The summed E-state index contributed by atoms with van der Waals surface area (Å²) in [4.78, 5) is 23.0. The van der Waals surface area contributed by atoms with Gasteiger partial charge in [0.15, 0.2) is 0 Å². The van der Waals surface area contributed by atoms with Crippen LogP contribution in [-0.4, -0.2) is 17.3 Å². The number of nitrogens with zero attached hydrogens (tertiary/aromatic N) is 1. The number of carbonyl (C=O) groups is 1. The molecule has 0 unspecified atom stereocenters. The van der Waals surface area contributed by atoms with Crippen molar-refractivity contribution < 1.29 is 30.7 Å². The van der Waals surface area contributed by atoms with Crippen molar-refractivity contribution >= 4 is 12.3 Å². The van der Waals surface area contributed by atoms with Crippen molar-refractivity contribution in [1.29, 1.82) is 0 Å². The molecule has 0 bridgehead atoms. The van der Waals surface area contributed by atoms with Crippen LogP contribution in [0.15, 0.2) is 18.3 Å². The summed E-state index contributed by atoms with van der Waals surface area (Å²) in [5, 5.41) is 1.79. The molecule has 0 aromatic carbocycles. The maximum Gasteiger partial charge on any atom is 0.0713 e. The first-order valence-corrected chi connectivity index (χ1v) is 3.94. The fourth-order valence-corrected chi connectivity index (χ4v) is 0.504. The summed E-state index contributed by atoms with van der Waals surface area (Å²) in [7, 11) is 0. The standard InChI is InChI=1S/C6H6N.C4H5NO2.W/c1-6-2-4-7-5-3-6;1-2-4(7)5-3-6;/h2-4H,1H3;1-2H2,(H,5,6,7);/q-1;-2;. The molecule has 82 valence electrons. The van der Waals surface area contributed by atoms with Gasteiger partial charge in [0.05, 0.1) is 6.41 Å². The average molecular weight is 375 g/mol. The van der Waals surface area contributed by atoms with Gasteiger partial charge in [-0.3, -0.25) is 0 Å². The van der Waals surface area contributed by atoms with Gasteiger partial charge < -0.3 is 26.8 Å². The predicted octanol–water partition coefficient (Wildman–Crippen LogP) is 0.582. The van der Waals surface area contributed by atoms with Gasteiger partial charge in [0.1, 0.15) is 0 Å². The van der Waals surface area contributed by atoms with Crippen molar-refractivity contribution in [3.63, 3.8) is 0 Å². The second-order valence-corrected chi connectivity index (χ2v) is 2.36. The maximum absolute atomic E-state index is 9.98. The van der Waals surface area contributed by atoms with Crippen LogP contribution < -0.4 is 5.32 Å². The van der Waals surface area contributed by atoms with Crippen LogP contribution in [0.4, 0.5) is 0 Å². The minimum Gasteiger partial charge on any atom is -0.464 e. The Morgan fingerprint density at radius 3 is 2.60 bits per heavy atom. The van der Waals surface area contributed by atoms with Gasteiger partial charge in [-0.1, -0.05) is 19.3 Å². The number of imide groups is 1. The third-order valence-corrected chi connectivity index (χ3v) is 1.20. The van der Waals surface area contributed by atoms with Crippen molar-refractivity contribution in [2.24, 2.45) is 0 Å². The molecule has 5 heteroatoms. The van der Waals surface area contributed by atoms with Gasteiger partial charge in [0.2, 0.25) is 0 Å². The van der Waals surface area contributed by atoms with Crippen LogP contribution in [0.25, 0.3) is 0 Å². The molecule has 1 heterocycles. The van der Waals surface area contributed by atoms with E-state index in [0.717, 1.165) is 0 Å². The van der Waals surface area contributed by atoms with Crippen LogP contribution in [0, 0.1) is 20.0 Å². The topological polar surface area (TPSA) is 59.1 Å². The predicted molar refractivity (Wildman–Crippen MR) is 51.6 cm³/mol. The molecule has 2 amide bonds. The van der Waals surface area contributed by atoms with E-state index in [2.05, 4.69) is 18.1 Å². The number of hydrogen-bond acceptors (Lipinski definition) is 3. The Balaban J connectivity index is 0. The van der Waals surface area contributed by atoms with E-state index in [0.29, 0.717) is 0 Å². The third kappa shape index (κ3) is 10.9. The maximum atomic E-state index is 9.98. The fraction of sp³-hybridized carbons (Fsp3) is 0.200. The zero-order valence-corrected chi connectivity index (χ0v) is 11.3. The molecule has 1 rings (SSSR count). The van der Waals surface area contributed by atoms with Crippen molar-refractivity contribution in [3.05, 3.63) is 37.0 Å². The molecule has 0 spiro atoms. The number of rotatable bonds is 2. The molecular formula is C10H11N2O2W-3. The van der Waals surface area contributed by atoms with Crippen molar-refractivity contribution in [2.45, 2.75) is 13.3 Å². The molecule has 1 N–H and O–H groups in total. The van der Waals surface area contributed by atoms with Gasteiger partial charge in [-0.15, -0.1) is 0 Å². The van der Waals surface area contributed by atoms with Gasteiger partial charge in [-0.05, 0) is 0 Å². The number of aromatic nitrogens is 1. The molecule has 0 aliphatic rings. The molecule has 0 aliphatic heterocycles. The number of amides is 2. The Morgan fingerprint density at radius 1 is 1.73 bits per heavy atom. The van der Waals surface area contributed by atoms with Gasteiger partial charge in [-0.25, -0.2) is 0 Å². The van der Waals surface area contributed by atoms with E-state index >= 15 is 0 Å². The zero-order valence-electron chi connectivity index (χ0n) is 8.32. The van der Waals surface area contributed by atoms with Crippen molar-refractivity contribution in [3.8, 4) is 0 Å².